The van der Waals surface area contributed by atoms with Gasteiger partial charge < -0.3 is 5.11 Å². The molecule has 0 unspecified atom stereocenters. The van der Waals surface area contributed by atoms with E-state index in [1.165, 1.54) is 0 Å². The quantitative estimate of drug-likeness (QED) is 0.809. The first-order valence-corrected chi connectivity index (χ1v) is 7.20. The summed E-state index contributed by atoms with van der Waals surface area (Å²) in [6.45, 7) is 0. The third-order valence-corrected chi connectivity index (χ3v) is 4.27. The molecule has 0 amide bonds. The number of aromatic carboxylic acids is 1. The van der Waals surface area contributed by atoms with Crippen molar-refractivity contribution in [3.8, 4) is 0 Å². The summed E-state index contributed by atoms with van der Waals surface area (Å²) in [4.78, 5) is 11.8. The molecule has 0 saturated heterocycles. The predicted molar refractivity (Wildman–Crippen MR) is 79.4 cm³/mol. The van der Waals surface area contributed by atoms with Crippen molar-refractivity contribution in [3.05, 3.63) is 63.6 Å². The first-order valence-electron chi connectivity index (χ1n) is 5.46. The lowest BCUT2D eigenvalue weighted by atomic mass is 10.2. The molecule has 98 valence electrons. The zero-order chi connectivity index (χ0) is 13.8. The lowest BCUT2D eigenvalue weighted by Crippen LogP contribution is -1.95. The SMILES string of the molecule is O=C(O)c1cccc(SCc2ccc(Cl)c(Cl)c2)c1. The van der Waals surface area contributed by atoms with Gasteiger partial charge >= 0.3 is 5.97 Å². The van der Waals surface area contributed by atoms with Gasteiger partial charge in [-0.1, -0.05) is 35.3 Å². The maximum atomic E-state index is 10.9. The van der Waals surface area contributed by atoms with Crippen LogP contribution in [0.3, 0.4) is 0 Å². The summed E-state index contributed by atoms with van der Waals surface area (Å²) in [7, 11) is 0. The number of carboxylic acid groups (broad SMARTS) is 1. The van der Waals surface area contributed by atoms with E-state index in [0.717, 1.165) is 10.5 Å². The van der Waals surface area contributed by atoms with Gasteiger partial charge in [-0.3, -0.25) is 0 Å². The third-order valence-electron chi connectivity index (χ3n) is 2.47. The van der Waals surface area contributed by atoms with E-state index in [-0.39, 0.29) is 0 Å². The van der Waals surface area contributed by atoms with E-state index in [9.17, 15) is 4.79 Å². The molecule has 0 spiro atoms. The minimum Gasteiger partial charge on any atom is -0.478 e. The summed E-state index contributed by atoms with van der Waals surface area (Å²) >= 11 is 13.3. The predicted octanol–water partition coefficient (Wildman–Crippen LogP) is 4.98. The second-order valence-electron chi connectivity index (χ2n) is 3.87. The lowest BCUT2D eigenvalue weighted by Gasteiger charge is -2.04. The van der Waals surface area contributed by atoms with Gasteiger partial charge in [0.05, 0.1) is 15.6 Å². The van der Waals surface area contributed by atoms with Crippen LogP contribution < -0.4 is 0 Å². The van der Waals surface area contributed by atoms with Crippen LogP contribution in [0.1, 0.15) is 15.9 Å². The van der Waals surface area contributed by atoms with Crippen LogP contribution in [0.4, 0.5) is 0 Å². The summed E-state index contributed by atoms with van der Waals surface area (Å²) in [5.41, 5.74) is 1.33. The molecule has 19 heavy (non-hydrogen) atoms. The minimum atomic E-state index is -0.919. The van der Waals surface area contributed by atoms with Crippen molar-refractivity contribution >= 4 is 40.9 Å². The van der Waals surface area contributed by atoms with Gasteiger partial charge in [-0.25, -0.2) is 4.79 Å². The van der Waals surface area contributed by atoms with E-state index in [0.29, 0.717) is 21.4 Å². The standard InChI is InChI=1S/C14H10Cl2O2S/c15-12-5-4-9(6-13(12)16)8-19-11-3-1-2-10(7-11)14(17)18/h1-7H,8H2,(H,17,18). The number of hydrogen-bond acceptors (Lipinski definition) is 2. The van der Waals surface area contributed by atoms with E-state index in [2.05, 4.69) is 0 Å². The third kappa shape index (κ3) is 3.90. The number of rotatable bonds is 4. The van der Waals surface area contributed by atoms with Gasteiger partial charge in [-0.15, -0.1) is 11.8 Å². The van der Waals surface area contributed by atoms with Gasteiger partial charge in [0.25, 0.3) is 0 Å². The van der Waals surface area contributed by atoms with Crippen molar-refractivity contribution in [2.45, 2.75) is 10.6 Å². The Morgan fingerprint density at radius 3 is 2.58 bits per heavy atom. The molecule has 2 aromatic rings. The van der Waals surface area contributed by atoms with Crippen molar-refractivity contribution in [3.63, 3.8) is 0 Å². The molecule has 0 bridgehead atoms. The fourth-order valence-corrected chi connectivity index (χ4v) is 2.73. The summed E-state index contributed by atoms with van der Waals surface area (Å²) < 4.78 is 0. The van der Waals surface area contributed by atoms with E-state index >= 15 is 0 Å². The largest absolute Gasteiger partial charge is 0.478 e. The van der Waals surface area contributed by atoms with Gasteiger partial charge in [0, 0.05) is 10.6 Å². The van der Waals surface area contributed by atoms with Crippen molar-refractivity contribution in [1.29, 1.82) is 0 Å². The zero-order valence-electron chi connectivity index (χ0n) is 9.77. The molecule has 0 aliphatic carbocycles. The number of hydrogen-bond donors (Lipinski definition) is 1. The average molecular weight is 313 g/mol. The summed E-state index contributed by atoms with van der Waals surface area (Å²) in [6.07, 6.45) is 0. The van der Waals surface area contributed by atoms with Gasteiger partial charge in [0.2, 0.25) is 0 Å². The first kappa shape index (κ1) is 14.3. The molecule has 5 heteroatoms. The number of carboxylic acids is 1. The van der Waals surface area contributed by atoms with Crippen molar-refractivity contribution in [1.82, 2.24) is 0 Å². The van der Waals surface area contributed by atoms with Crippen LogP contribution in [0.15, 0.2) is 47.4 Å². The van der Waals surface area contributed by atoms with Gasteiger partial charge in [-0.2, -0.15) is 0 Å². The number of halogens is 2. The van der Waals surface area contributed by atoms with Crippen molar-refractivity contribution in [2.75, 3.05) is 0 Å². The second kappa shape index (κ2) is 6.33. The molecule has 0 heterocycles. The Bertz CT molecular complexity index is 614. The van der Waals surface area contributed by atoms with Crippen LogP contribution in [0.25, 0.3) is 0 Å². The number of thioether (sulfide) groups is 1. The molecule has 0 aliphatic rings. The van der Waals surface area contributed by atoms with Crippen LogP contribution in [0.2, 0.25) is 10.0 Å². The molecule has 0 fully saturated rings. The molecule has 0 radical (unpaired) electrons. The smallest absolute Gasteiger partial charge is 0.335 e. The Kier molecular flexibility index (Phi) is 4.75. The molecule has 0 aromatic heterocycles. The topological polar surface area (TPSA) is 37.3 Å². The van der Waals surface area contributed by atoms with Crippen LogP contribution in [0, 0.1) is 0 Å². The van der Waals surface area contributed by atoms with Crippen molar-refractivity contribution in [2.24, 2.45) is 0 Å². The molecular weight excluding hydrogens is 303 g/mol. The molecule has 0 aliphatic heterocycles. The van der Waals surface area contributed by atoms with Crippen LogP contribution in [-0.2, 0) is 5.75 Å². The maximum absolute atomic E-state index is 10.9. The fraction of sp³-hybridized carbons (Fsp3) is 0.0714. The highest BCUT2D eigenvalue weighted by molar-refractivity contribution is 7.98. The van der Waals surface area contributed by atoms with Gasteiger partial charge in [-0.05, 0) is 35.9 Å². The summed E-state index contributed by atoms with van der Waals surface area (Å²) in [5, 5.41) is 9.98. The number of benzene rings is 2. The Balaban J connectivity index is 2.07. The van der Waals surface area contributed by atoms with Gasteiger partial charge in [0.1, 0.15) is 0 Å². The Morgan fingerprint density at radius 2 is 1.89 bits per heavy atom. The monoisotopic (exact) mass is 312 g/mol. The second-order valence-corrected chi connectivity index (χ2v) is 5.73. The molecular formula is C14H10Cl2O2S. The van der Waals surface area contributed by atoms with Crippen LogP contribution in [-0.4, -0.2) is 11.1 Å². The molecule has 2 rings (SSSR count). The normalized spacial score (nSPS) is 10.4. The highest BCUT2D eigenvalue weighted by Crippen LogP contribution is 2.28. The summed E-state index contributed by atoms with van der Waals surface area (Å²) in [5.74, 6) is -0.211. The zero-order valence-corrected chi connectivity index (χ0v) is 12.1. The lowest BCUT2D eigenvalue weighted by molar-refractivity contribution is 0.0696. The van der Waals surface area contributed by atoms with Gasteiger partial charge in [0.15, 0.2) is 0 Å². The number of carbonyl (C=O) groups is 1. The minimum absolute atomic E-state index is 0.291. The first-order chi connectivity index (χ1) is 9.06. The average Bonchev–Trinajstić information content (AvgIpc) is 2.40. The summed E-state index contributed by atoms with van der Waals surface area (Å²) in [6, 6.07) is 12.3. The molecule has 1 N–H and O–H groups in total. The Morgan fingerprint density at radius 1 is 1.11 bits per heavy atom. The highest BCUT2D eigenvalue weighted by Gasteiger charge is 2.04. The van der Waals surface area contributed by atoms with E-state index < -0.39 is 5.97 Å². The van der Waals surface area contributed by atoms with E-state index in [1.54, 1.807) is 36.0 Å². The fourth-order valence-electron chi connectivity index (χ4n) is 1.51. The van der Waals surface area contributed by atoms with Crippen LogP contribution in [0.5, 0.6) is 0 Å². The molecule has 2 aromatic carbocycles. The molecule has 0 saturated carbocycles. The van der Waals surface area contributed by atoms with E-state index in [1.807, 2.05) is 18.2 Å². The highest BCUT2D eigenvalue weighted by atomic mass is 35.5. The molecule has 2 nitrogen and oxygen atoms in total. The molecule has 0 atom stereocenters. The Hall–Kier alpha value is -1.16. The van der Waals surface area contributed by atoms with Crippen molar-refractivity contribution < 1.29 is 9.90 Å². The maximum Gasteiger partial charge on any atom is 0.335 e. The van der Waals surface area contributed by atoms with E-state index in [4.69, 9.17) is 28.3 Å². The Labute approximate surface area is 125 Å². The van der Waals surface area contributed by atoms with Crippen LogP contribution >= 0.6 is 35.0 Å².